The standard InChI is InChI=1S/C18H36N2/c1-5-17-13-20(18(12-19-17)14(2)3)11-10-16-8-6-15(4)7-9-16/h14-19H,5-13H2,1-4H3. The minimum absolute atomic E-state index is 0.719. The molecule has 0 aromatic heterocycles. The second-order valence-electron chi connectivity index (χ2n) is 7.73. The second-order valence-corrected chi connectivity index (χ2v) is 7.73. The van der Waals surface area contributed by atoms with Crippen LogP contribution in [-0.2, 0) is 0 Å². The molecule has 2 nitrogen and oxygen atoms in total. The summed E-state index contributed by atoms with van der Waals surface area (Å²) in [6, 6.07) is 1.47. The van der Waals surface area contributed by atoms with Gasteiger partial charge in [0.15, 0.2) is 0 Å². The Bertz CT molecular complexity index is 269. The maximum Gasteiger partial charge on any atom is 0.0244 e. The zero-order chi connectivity index (χ0) is 14.5. The summed E-state index contributed by atoms with van der Waals surface area (Å²) in [5.41, 5.74) is 0. The van der Waals surface area contributed by atoms with Crippen molar-refractivity contribution in [3.05, 3.63) is 0 Å². The molecule has 1 N–H and O–H groups in total. The number of nitrogens with zero attached hydrogens (tertiary/aromatic N) is 1. The van der Waals surface area contributed by atoms with Crippen LogP contribution < -0.4 is 5.32 Å². The van der Waals surface area contributed by atoms with Crippen molar-refractivity contribution in [3.8, 4) is 0 Å². The minimum atomic E-state index is 0.719. The fraction of sp³-hybridized carbons (Fsp3) is 1.00. The van der Waals surface area contributed by atoms with Crippen molar-refractivity contribution >= 4 is 0 Å². The third-order valence-corrected chi connectivity index (χ3v) is 5.76. The lowest BCUT2D eigenvalue weighted by molar-refractivity contribution is 0.0868. The molecule has 2 aliphatic rings. The molecule has 0 aromatic carbocycles. The summed E-state index contributed by atoms with van der Waals surface area (Å²) in [6.45, 7) is 13.3. The van der Waals surface area contributed by atoms with Crippen LogP contribution in [0.25, 0.3) is 0 Å². The molecule has 2 heteroatoms. The molecule has 118 valence electrons. The first-order chi connectivity index (χ1) is 9.60. The van der Waals surface area contributed by atoms with Gasteiger partial charge in [-0.3, -0.25) is 4.90 Å². The van der Waals surface area contributed by atoms with E-state index in [0.29, 0.717) is 0 Å². The molecule has 20 heavy (non-hydrogen) atoms. The van der Waals surface area contributed by atoms with Crippen molar-refractivity contribution in [2.24, 2.45) is 17.8 Å². The van der Waals surface area contributed by atoms with Gasteiger partial charge in [0.2, 0.25) is 0 Å². The first-order valence-corrected chi connectivity index (χ1v) is 9.07. The van der Waals surface area contributed by atoms with Crippen molar-refractivity contribution in [2.75, 3.05) is 19.6 Å². The molecule has 1 saturated heterocycles. The number of hydrogen-bond donors (Lipinski definition) is 1. The Balaban J connectivity index is 1.81. The van der Waals surface area contributed by atoms with E-state index >= 15 is 0 Å². The van der Waals surface area contributed by atoms with Gasteiger partial charge in [-0.1, -0.05) is 53.4 Å². The van der Waals surface area contributed by atoms with Crippen LogP contribution >= 0.6 is 0 Å². The number of nitrogens with one attached hydrogen (secondary N) is 1. The first kappa shape index (κ1) is 16.3. The van der Waals surface area contributed by atoms with E-state index in [1.807, 2.05) is 0 Å². The van der Waals surface area contributed by atoms with Crippen LogP contribution in [0.5, 0.6) is 0 Å². The maximum atomic E-state index is 3.73. The molecule has 0 aromatic rings. The van der Waals surface area contributed by atoms with Gasteiger partial charge >= 0.3 is 0 Å². The topological polar surface area (TPSA) is 15.3 Å². The zero-order valence-corrected chi connectivity index (χ0v) is 14.2. The highest BCUT2D eigenvalue weighted by molar-refractivity contribution is 4.87. The Hall–Kier alpha value is -0.0800. The number of hydrogen-bond acceptors (Lipinski definition) is 2. The molecule has 1 aliphatic heterocycles. The Morgan fingerprint density at radius 3 is 2.45 bits per heavy atom. The van der Waals surface area contributed by atoms with Crippen LogP contribution in [-0.4, -0.2) is 36.6 Å². The summed E-state index contributed by atoms with van der Waals surface area (Å²) in [5, 5.41) is 3.73. The maximum absolute atomic E-state index is 3.73. The molecule has 2 fully saturated rings. The molecule has 0 amide bonds. The summed E-state index contributed by atoms with van der Waals surface area (Å²) < 4.78 is 0. The van der Waals surface area contributed by atoms with E-state index in [1.165, 1.54) is 58.2 Å². The van der Waals surface area contributed by atoms with E-state index in [9.17, 15) is 0 Å². The van der Waals surface area contributed by atoms with Crippen LogP contribution in [0.2, 0.25) is 0 Å². The van der Waals surface area contributed by atoms with Crippen LogP contribution in [0.15, 0.2) is 0 Å². The van der Waals surface area contributed by atoms with Gasteiger partial charge in [-0.05, 0) is 37.1 Å². The molecule has 0 radical (unpaired) electrons. The molecule has 0 bridgehead atoms. The lowest BCUT2D eigenvalue weighted by Gasteiger charge is -2.43. The van der Waals surface area contributed by atoms with Gasteiger partial charge in [-0.15, -0.1) is 0 Å². The van der Waals surface area contributed by atoms with E-state index in [1.54, 1.807) is 0 Å². The van der Waals surface area contributed by atoms with Crippen LogP contribution in [0.1, 0.15) is 66.2 Å². The highest BCUT2D eigenvalue weighted by atomic mass is 15.2. The molecular weight excluding hydrogens is 244 g/mol. The second kappa shape index (κ2) is 7.79. The van der Waals surface area contributed by atoms with Gasteiger partial charge in [0.25, 0.3) is 0 Å². The molecular formula is C18H36N2. The predicted molar refractivity (Wildman–Crippen MR) is 88.0 cm³/mol. The molecule has 1 heterocycles. The van der Waals surface area contributed by atoms with E-state index in [0.717, 1.165) is 29.8 Å². The van der Waals surface area contributed by atoms with Gasteiger partial charge in [0, 0.05) is 25.2 Å². The smallest absolute Gasteiger partial charge is 0.0244 e. The lowest BCUT2D eigenvalue weighted by Crippen LogP contribution is -2.58. The van der Waals surface area contributed by atoms with Crippen LogP contribution in [0, 0.1) is 17.8 Å². The largest absolute Gasteiger partial charge is 0.311 e. The molecule has 2 unspecified atom stereocenters. The summed E-state index contributed by atoms with van der Waals surface area (Å²) >= 11 is 0. The minimum Gasteiger partial charge on any atom is -0.311 e. The van der Waals surface area contributed by atoms with Crippen molar-refractivity contribution in [3.63, 3.8) is 0 Å². The van der Waals surface area contributed by atoms with Crippen LogP contribution in [0.3, 0.4) is 0 Å². The van der Waals surface area contributed by atoms with Gasteiger partial charge < -0.3 is 5.32 Å². The van der Waals surface area contributed by atoms with E-state index in [4.69, 9.17) is 0 Å². The van der Waals surface area contributed by atoms with Gasteiger partial charge in [-0.2, -0.15) is 0 Å². The predicted octanol–water partition coefficient (Wildman–Crippen LogP) is 3.91. The summed E-state index contributed by atoms with van der Waals surface area (Å²) in [6.07, 6.45) is 8.61. The van der Waals surface area contributed by atoms with Gasteiger partial charge in [0.1, 0.15) is 0 Å². The molecule has 1 aliphatic carbocycles. The molecule has 1 saturated carbocycles. The van der Waals surface area contributed by atoms with E-state index in [-0.39, 0.29) is 0 Å². The Kier molecular flexibility index (Phi) is 6.35. The van der Waals surface area contributed by atoms with Crippen molar-refractivity contribution in [2.45, 2.75) is 78.3 Å². The third kappa shape index (κ3) is 4.46. The molecule has 2 atom stereocenters. The highest BCUT2D eigenvalue weighted by Gasteiger charge is 2.29. The Labute approximate surface area is 126 Å². The first-order valence-electron chi connectivity index (χ1n) is 9.07. The van der Waals surface area contributed by atoms with Crippen LogP contribution in [0.4, 0.5) is 0 Å². The highest BCUT2D eigenvalue weighted by Crippen LogP contribution is 2.31. The van der Waals surface area contributed by atoms with Gasteiger partial charge in [-0.25, -0.2) is 0 Å². The van der Waals surface area contributed by atoms with E-state index in [2.05, 4.69) is 37.9 Å². The average Bonchev–Trinajstić information content (AvgIpc) is 2.46. The van der Waals surface area contributed by atoms with Crippen molar-refractivity contribution in [1.82, 2.24) is 10.2 Å². The molecule has 2 rings (SSSR count). The summed E-state index contributed by atoms with van der Waals surface area (Å²) in [7, 11) is 0. The number of rotatable bonds is 5. The monoisotopic (exact) mass is 280 g/mol. The quantitative estimate of drug-likeness (QED) is 0.821. The Morgan fingerprint density at radius 2 is 1.85 bits per heavy atom. The Morgan fingerprint density at radius 1 is 1.15 bits per heavy atom. The van der Waals surface area contributed by atoms with E-state index < -0.39 is 0 Å². The number of piperazine rings is 1. The molecule has 0 spiro atoms. The fourth-order valence-electron chi connectivity index (χ4n) is 4.05. The summed E-state index contributed by atoms with van der Waals surface area (Å²) in [4.78, 5) is 2.80. The lowest BCUT2D eigenvalue weighted by atomic mass is 9.81. The fourth-order valence-corrected chi connectivity index (χ4v) is 4.05. The SMILES string of the molecule is CCC1CN(CCC2CCC(C)CC2)C(C(C)C)CN1. The van der Waals surface area contributed by atoms with Gasteiger partial charge in [0.05, 0.1) is 0 Å². The zero-order valence-electron chi connectivity index (χ0n) is 14.2. The van der Waals surface area contributed by atoms with Crippen molar-refractivity contribution in [1.29, 1.82) is 0 Å². The third-order valence-electron chi connectivity index (χ3n) is 5.76. The average molecular weight is 280 g/mol. The van der Waals surface area contributed by atoms with Crippen molar-refractivity contribution < 1.29 is 0 Å². The summed E-state index contributed by atoms with van der Waals surface area (Å²) in [5.74, 6) is 2.76. The normalized spacial score (nSPS) is 36.5.